The molecule has 2 aliphatic rings. The van der Waals surface area contributed by atoms with Crippen LogP contribution in [-0.4, -0.2) is 72.6 Å². The lowest BCUT2D eigenvalue weighted by atomic mass is 10.1. The summed E-state index contributed by atoms with van der Waals surface area (Å²) >= 11 is 0. The van der Waals surface area contributed by atoms with Crippen molar-refractivity contribution in [1.82, 2.24) is 25.4 Å². The minimum atomic E-state index is -0.233. The van der Waals surface area contributed by atoms with Gasteiger partial charge in [-0.25, -0.2) is 9.67 Å². The van der Waals surface area contributed by atoms with Crippen molar-refractivity contribution >= 4 is 23.2 Å². The highest BCUT2D eigenvalue weighted by molar-refractivity contribution is 6.04. The molecule has 3 aromatic carbocycles. The summed E-state index contributed by atoms with van der Waals surface area (Å²) in [6.45, 7) is 7.21. The van der Waals surface area contributed by atoms with Gasteiger partial charge in [0, 0.05) is 61.6 Å². The summed E-state index contributed by atoms with van der Waals surface area (Å²) in [6, 6.07) is 30.2. The van der Waals surface area contributed by atoms with E-state index in [0.717, 1.165) is 54.4 Å². The number of pyridine rings is 1. The molecule has 2 unspecified atom stereocenters. The number of para-hydroxylation sites is 1. The fourth-order valence-corrected chi connectivity index (χ4v) is 5.47. The largest absolute Gasteiger partial charge is 0.478 e. The second kappa shape index (κ2) is 17.3. The molecule has 0 spiro atoms. The number of aromatic nitrogens is 3. The van der Waals surface area contributed by atoms with Crippen molar-refractivity contribution in [3.05, 3.63) is 132 Å². The van der Waals surface area contributed by atoms with Gasteiger partial charge >= 0.3 is 0 Å². The molecule has 5 aromatic rings. The van der Waals surface area contributed by atoms with Gasteiger partial charge in [-0.3, -0.25) is 9.59 Å². The lowest BCUT2D eigenvalue weighted by Gasteiger charge is -2.24. The molecule has 2 saturated heterocycles. The van der Waals surface area contributed by atoms with E-state index in [-0.39, 0.29) is 24.0 Å². The summed E-state index contributed by atoms with van der Waals surface area (Å²) in [6.07, 6.45) is 3.48. The molecule has 0 aliphatic carbocycles. The van der Waals surface area contributed by atoms with Gasteiger partial charge in [-0.05, 0) is 66.6 Å². The molecular formula is C38H41N7O5. The molecule has 12 heteroatoms. The van der Waals surface area contributed by atoms with Gasteiger partial charge < -0.3 is 35.5 Å². The molecule has 2 atom stereocenters. The van der Waals surface area contributed by atoms with E-state index in [1.54, 1.807) is 35.3 Å². The zero-order valence-corrected chi connectivity index (χ0v) is 27.9. The predicted molar refractivity (Wildman–Crippen MR) is 191 cm³/mol. The van der Waals surface area contributed by atoms with Crippen molar-refractivity contribution in [3.63, 3.8) is 0 Å². The van der Waals surface area contributed by atoms with Crippen molar-refractivity contribution in [2.45, 2.75) is 19.1 Å². The maximum absolute atomic E-state index is 12.4. The number of rotatable bonds is 9. The van der Waals surface area contributed by atoms with Gasteiger partial charge in [0.05, 0.1) is 37.7 Å². The molecule has 4 N–H and O–H groups in total. The molecule has 50 heavy (non-hydrogen) atoms. The van der Waals surface area contributed by atoms with Gasteiger partial charge in [-0.2, -0.15) is 5.10 Å². The van der Waals surface area contributed by atoms with Crippen LogP contribution in [0.4, 0.5) is 11.4 Å². The monoisotopic (exact) mass is 675 g/mol. The number of benzene rings is 3. The first kappa shape index (κ1) is 34.5. The third-order valence-electron chi connectivity index (χ3n) is 8.07. The van der Waals surface area contributed by atoms with Crippen LogP contribution in [0.2, 0.25) is 0 Å². The number of ether oxygens (including phenoxy) is 3. The zero-order valence-electron chi connectivity index (χ0n) is 27.9. The number of morpholine rings is 2. The van der Waals surface area contributed by atoms with Gasteiger partial charge in [0.1, 0.15) is 0 Å². The van der Waals surface area contributed by atoms with Gasteiger partial charge in [0.25, 0.3) is 11.8 Å². The standard InChI is InChI=1S/C20H20N4O2.C18H21N3O3/c25-20(18-10-12-24(23-18)17-4-2-1-3-5-17)22-16-8-6-15(7-9-16)19-14-21-11-13-26-19;1-2-23-17-11-14(7-8-20-17)18(22)21-15-5-3-13(4-6-15)16-12-19-9-10-24-16/h1-10,12,19,21H,11,13-14H2,(H,22,25);3-8,11,16,19H,2,9-10,12H2,1H3,(H,21,22). The minimum absolute atomic E-state index is 0.0649. The number of nitrogens with zero attached hydrogens (tertiary/aromatic N) is 3. The van der Waals surface area contributed by atoms with E-state index in [0.29, 0.717) is 37.0 Å². The van der Waals surface area contributed by atoms with E-state index >= 15 is 0 Å². The lowest BCUT2D eigenvalue weighted by Crippen LogP contribution is -2.33. The lowest BCUT2D eigenvalue weighted by molar-refractivity contribution is 0.0276. The number of hydrogen-bond donors (Lipinski definition) is 4. The Bertz CT molecular complexity index is 1820. The average molecular weight is 676 g/mol. The molecule has 2 fully saturated rings. The zero-order chi connectivity index (χ0) is 34.5. The van der Waals surface area contributed by atoms with Crippen LogP contribution < -0.4 is 26.0 Å². The summed E-state index contributed by atoms with van der Waals surface area (Å²) in [7, 11) is 0. The Labute approximate surface area is 291 Å². The van der Waals surface area contributed by atoms with Crippen LogP contribution in [0.25, 0.3) is 5.69 Å². The first-order valence-corrected chi connectivity index (χ1v) is 16.7. The van der Waals surface area contributed by atoms with E-state index in [2.05, 4.69) is 31.3 Å². The van der Waals surface area contributed by atoms with Crippen LogP contribution in [0.1, 0.15) is 51.1 Å². The molecule has 4 heterocycles. The highest BCUT2D eigenvalue weighted by atomic mass is 16.5. The van der Waals surface area contributed by atoms with E-state index in [1.807, 2.05) is 85.8 Å². The maximum Gasteiger partial charge on any atom is 0.276 e. The maximum atomic E-state index is 12.4. The van der Waals surface area contributed by atoms with E-state index in [4.69, 9.17) is 14.2 Å². The smallest absolute Gasteiger partial charge is 0.276 e. The Morgan fingerprint density at radius 2 is 1.40 bits per heavy atom. The Kier molecular flexibility index (Phi) is 11.9. The summed E-state index contributed by atoms with van der Waals surface area (Å²) in [5.41, 5.74) is 5.47. The molecule has 2 amide bonds. The topological polar surface area (TPSA) is 141 Å². The summed E-state index contributed by atoms with van der Waals surface area (Å²) in [5.74, 6) is 0.0205. The fourth-order valence-electron chi connectivity index (χ4n) is 5.47. The van der Waals surface area contributed by atoms with E-state index in [9.17, 15) is 9.59 Å². The Hall–Kier alpha value is -5.40. The Morgan fingerprint density at radius 3 is 1.96 bits per heavy atom. The summed E-state index contributed by atoms with van der Waals surface area (Å²) < 4.78 is 18.5. The molecule has 0 saturated carbocycles. The number of carbonyl (C=O) groups is 2. The molecular weight excluding hydrogens is 634 g/mol. The molecule has 7 rings (SSSR count). The second-order valence-electron chi connectivity index (χ2n) is 11.6. The fraction of sp³-hybridized carbons (Fsp3) is 0.263. The van der Waals surface area contributed by atoms with Gasteiger partial charge in [0.2, 0.25) is 5.88 Å². The van der Waals surface area contributed by atoms with Crippen LogP contribution in [0.3, 0.4) is 0 Å². The van der Waals surface area contributed by atoms with Gasteiger partial charge in [0.15, 0.2) is 5.69 Å². The minimum Gasteiger partial charge on any atom is -0.478 e. The summed E-state index contributed by atoms with van der Waals surface area (Å²) in [4.78, 5) is 28.8. The first-order chi connectivity index (χ1) is 24.6. The molecule has 0 bridgehead atoms. The Balaban J connectivity index is 0.000000174. The third kappa shape index (κ3) is 9.39. The van der Waals surface area contributed by atoms with Crippen LogP contribution in [0, 0.1) is 0 Å². The quantitative estimate of drug-likeness (QED) is 0.166. The highest BCUT2D eigenvalue weighted by Crippen LogP contribution is 2.22. The number of carbonyl (C=O) groups excluding carboxylic acids is 2. The van der Waals surface area contributed by atoms with Crippen molar-refractivity contribution < 1.29 is 23.8 Å². The number of amides is 2. The van der Waals surface area contributed by atoms with Crippen molar-refractivity contribution in [2.75, 3.05) is 56.6 Å². The third-order valence-corrected chi connectivity index (χ3v) is 8.07. The summed E-state index contributed by atoms with van der Waals surface area (Å²) in [5, 5.41) is 16.7. The highest BCUT2D eigenvalue weighted by Gasteiger charge is 2.17. The molecule has 2 aliphatic heterocycles. The van der Waals surface area contributed by atoms with Crippen LogP contribution in [0.15, 0.2) is 109 Å². The molecule has 2 aromatic heterocycles. The number of nitrogens with one attached hydrogen (secondary N) is 4. The van der Waals surface area contributed by atoms with Crippen molar-refractivity contribution in [1.29, 1.82) is 0 Å². The molecule has 12 nitrogen and oxygen atoms in total. The van der Waals surface area contributed by atoms with Crippen LogP contribution in [0.5, 0.6) is 5.88 Å². The number of anilines is 2. The molecule has 0 radical (unpaired) electrons. The van der Waals surface area contributed by atoms with E-state index in [1.165, 1.54) is 0 Å². The number of hydrogen-bond acceptors (Lipinski definition) is 9. The van der Waals surface area contributed by atoms with Gasteiger partial charge in [-0.15, -0.1) is 0 Å². The average Bonchev–Trinajstić information content (AvgIpc) is 3.68. The van der Waals surface area contributed by atoms with E-state index < -0.39 is 0 Å². The van der Waals surface area contributed by atoms with Crippen LogP contribution in [-0.2, 0) is 9.47 Å². The van der Waals surface area contributed by atoms with Crippen molar-refractivity contribution in [2.24, 2.45) is 0 Å². The Morgan fingerprint density at radius 1 is 0.800 bits per heavy atom. The first-order valence-electron chi connectivity index (χ1n) is 16.7. The van der Waals surface area contributed by atoms with Gasteiger partial charge in [-0.1, -0.05) is 42.5 Å². The SMILES string of the molecule is CCOc1cc(C(=O)Nc2ccc(C3CNCCO3)cc2)ccn1.O=C(Nc1ccc(C2CNCCO2)cc1)c1ccn(-c2ccccc2)n1. The van der Waals surface area contributed by atoms with Crippen molar-refractivity contribution in [3.8, 4) is 11.6 Å². The second-order valence-corrected chi connectivity index (χ2v) is 11.6. The molecule has 258 valence electrons. The normalized spacial score (nSPS) is 17.1. The predicted octanol–water partition coefficient (Wildman–Crippen LogP) is 5.18. The van der Waals surface area contributed by atoms with Crippen LogP contribution >= 0.6 is 0 Å².